The Hall–Kier alpha value is -1.66. The van der Waals surface area contributed by atoms with Crippen molar-refractivity contribution in [2.75, 3.05) is 0 Å². The molecule has 1 fully saturated rings. The summed E-state index contributed by atoms with van der Waals surface area (Å²) in [5, 5.41) is 0. The second-order valence-corrected chi connectivity index (χ2v) is 5.80. The van der Waals surface area contributed by atoms with Crippen molar-refractivity contribution in [1.29, 1.82) is 0 Å². The molecule has 5 nitrogen and oxygen atoms in total. The molecular formula is C15H20BN3O2. The lowest BCUT2D eigenvalue weighted by atomic mass is 9.86. The van der Waals surface area contributed by atoms with Gasteiger partial charge in [-0.25, -0.2) is 4.98 Å². The minimum Gasteiger partial charge on any atom is -0.398 e. The first-order chi connectivity index (χ1) is 13.1. The first-order valence-corrected chi connectivity index (χ1v) is 6.48. The minimum absolute atomic E-state index is 0.0359. The summed E-state index contributed by atoms with van der Waals surface area (Å²) >= 11 is 0. The Morgan fingerprint density at radius 1 is 1.24 bits per heavy atom. The highest BCUT2D eigenvalue weighted by Gasteiger charge is 2.52. The molecule has 1 aliphatic rings. The molecule has 1 saturated heterocycles. The van der Waals surface area contributed by atoms with E-state index in [4.69, 9.17) is 20.3 Å². The predicted octanol–water partition coefficient (Wildman–Crippen LogP) is 1.87. The first kappa shape index (κ1) is 7.56. The van der Waals surface area contributed by atoms with Crippen LogP contribution in [0.1, 0.15) is 44.4 Å². The Balaban J connectivity index is 2.20. The van der Waals surface area contributed by atoms with E-state index in [0.29, 0.717) is 0 Å². The molecule has 0 N–H and O–H groups in total. The number of nitrogens with zero attached hydrogens (tertiary/aromatic N) is 3. The molecule has 0 bridgehead atoms. The van der Waals surface area contributed by atoms with Gasteiger partial charge in [0.05, 0.1) is 28.6 Å². The minimum atomic E-state index is -2.80. The summed E-state index contributed by atoms with van der Waals surface area (Å²) in [6.45, 7) is 4.47. The fourth-order valence-corrected chi connectivity index (χ4v) is 1.85. The molecule has 1 aliphatic heterocycles. The van der Waals surface area contributed by atoms with Gasteiger partial charge in [0.1, 0.15) is 1.37 Å². The highest BCUT2D eigenvalue weighted by Crippen LogP contribution is 2.36. The van der Waals surface area contributed by atoms with Crippen LogP contribution in [0.3, 0.4) is 0 Å². The molecule has 2 aromatic heterocycles. The van der Waals surface area contributed by atoms with Crippen molar-refractivity contribution in [1.82, 2.24) is 14.5 Å². The van der Waals surface area contributed by atoms with E-state index in [9.17, 15) is 0 Å². The molecule has 0 amide bonds. The van der Waals surface area contributed by atoms with Crippen LogP contribution in [0.15, 0.2) is 30.7 Å². The number of imidazole rings is 1. The molecule has 0 aliphatic carbocycles. The number of aromatic nitrogens is 3. The lowest BCUT2D eigenvalue weighted by Crippen LogP contribution is -2.41. The highest BCUT2D eigenvalue weighted by atomic mass is 16.7. The van der Waals surface area contributed by atoms with Gasteiger partial charge in [-0.1, -0.05) is 0 Å². The lowest BCUT2D eigenvalue weighted by Gasteiger charge is -2.32. The molecular weight excluding hydrogens is 265 g/mol. The standard InChI is InChI=1S/C15H20BN3O2/c1-11-8-12(6-7-17-11)19-9-13(18-10-19)16-20-14(2,3)15(4,5)21-16/h6-10H,1-5H3/i1D3,6D,7D,8D,9D,10D. The largest absolute Gasteiger partial charge is 0.516 e. The van der Waals surface area contributed by atoms with Crippen molar-refractivity contribution in [3.8, 4) is 5.69 Å². The zero-order valence-corrected chi connectivity index (χ0v) is 12.2. The predicted molar refractivity (Wildman–Crippen MR) is 81.8 cm³/mol. The highest BCUT2D eigenvalue weighted by molar-refractivity contribution is 6.61. The average molecular weight is 293 g/mol. The zero-order chi connectivity index (χ0) is 22.1. The number of hydrogen-bond donors (Lipinski definition) is 0. The van der Waals surface area contributed by atoms with Crippen molar-refractivity contribution < 1.29 is 20.3 Å². The van der Waals surface area contributed by atoms with Gasteiger partial charge >= 0.3 is 7.12 Å². The molecule has 2 aromatic rings. The Bertz CT molecular complexity index is 973. The smallest absolute Gasteiger partial charge is 0.398 e. The third-order valence-electron chi connectivity index (χ3n) is 3.78. The molecule has 0 saturated carbocycles. The van der Waals surface area contributed by atoms with Crippen LogP contribution in [0.5, 0.6) is 0 Å². The van der Waals surface area contributed by atoms with E-state index < -0.39 is 67.3 Å². The second-order valence-electron chi connectivity index (χ2n) is 5.80. The van der Waals surface area contributed by atoms with E-state index in [1.165, 1.54) is 0 Å². The average Bonchev–Trinajstić information content (AvgIpc) is 2.96. The van der Waals surface area contributed by atoms with E-state index in [-0.39, 0.29) is 5.59 Å². The van der Waals surface area contributed by atoms with Crippen LogP contribution in [-0.2, 0) is 9.31 Å². The molecule has 110 valence electrons. The van der Waals surface area contributed by atoms with Crippen LogP contribution >= 0.6 is 0 Å². The van der Waals surface area contributed by atoms with E-state index in [1.54, 1.807) is 0 Å². The zero-order valence-electron chi connectivity index (χ0n) is 20.2. The van der Waals surface area contributed by atoms with E-state index in [0.717, 1.165) is 4.57 Å². The number of rotatable bonds is 2. The quantitative estimate of drug-likeness (QED) is 0.793. The van der Waals surface area contributed by atoms with Gasteiger partial charge in [0, 0.05) is 27.8 Å². The summed E-state index contributed by atoms with van der Waals surface area (Å²) in [4.78, 5) is 7.54. The van der Waals surface area contributed by atoms with Crippen molar-refractivity contribution >= 4 is 12.7 Å². The van der Waals surface area contributed by atoms with Gasteiger partial charge < -0.3 is 13.9 Å². The number of aryl methyl sites for hydroxylation is 1. The van der Waals surface area contributed by atoms with Crippen LogP contribution in [0.4, 0.5) is 0 Å². The molecule has 0 atom stereocenters. The summed E-state index contributed by atoms with van der Waals surface area (Å²) < 4.78 is 75.8. The van der Waals surface area contributed by atoms with E-state index >= 15 is 0 Å². The first-order valence-electron chi connectivity index (χ1n) is 10.5. The van der Waals surface area contributed by atoms with Gasteiger partial charge in [-0.2, -0.15) is 0 Å². The van der Waals surface area contributed by atoms with Gasteiger partial charge in [0.15, 0.2) is 0 Å². The van der Waals surface area contributed by atoms with Crippen molar-refractivity contribution in [3.63, 3.8) is 0 Å². The normalized spacial score (nSPS) is 26.0. The van der Waals surface area contributed by atoms with Crippen LogP contribution < -0.4 is 5.59 Å². The van der Waals surface area contributed by atoms with Gasteiger partial charge in [0.25, 0.3) is 0 Å². The van der Waals surface area contributed by atoms with Crippen molar-refractivity contribution in [2.24, 2.45) is 0 Å². The van der Waals surface area contributed by atoms with E-state index in [2.05, 4.69) is 9.97 Å². The molecule has 6 heteroatoms. The summed E-state index contributed by atoms with van der Waals surface area (Å²) in [5.74, 6) is 0. The lowest BCUT2D eigenvalue weighted by molar-refractivity contribution is 0.00578. The second kappa shape index (κ2) is 4.68. The summed E-state index contributed by atoms with van der Waals surface area (Å²) in [5.41, 5.74) is -2.56. The van der Waals surface area contributed by atoms with Gasteiger partial charge in [-0.15, -0.1) is 0 Å². The molecule has 21 heavy (non-hydrogen) atoms. The molecule has 3 rings (SSSR count). The van der Waals surface area contributed by atoms with Gasteiger partial charge in [-0.3, -0.25) is 4.98 Å². The monoisotopic (exact) mass is 293 g/mol. The fourth-order valence-electron chi connectivity index (χ4n) is 1.85. The Morgan fingerprint density at radius 3 is 2.62 bits per heavy atom. The SMILES string of the molecule is [2H]c1nc(C([2H])([2H])[2H])c([2H])c(-n2c([2H])nc(B3OC(C)(C)C(C)(C)O3)c2[2H])c1[2H]. The Labute approximate surface area is 136 Å². The topological polar surface area (TPSA) is 49.2 Å². The summed E-state index contributed by atoms with van der Waals surface area (Å²) in [7, 11) is -1.05. The third kappa shape index (κ3) is 2.49. The number of pyridine rings is 1. The molecule has 0 aromatic carbocycles. The Kier molecular flexibility index (Phi) is 1.68. The molecule has 0 unspecified atom stereocenters. The van der Waals surface area contributed by atoms with Crippen LogP contribution in [-0.4, -0.2) is 32.9 Å². The van der Waals surface area contributed by atoms with Gasteiger partial charge in [0.2, 0.25) is 0 Å². The summed E-state index contributed by atoms with van der Waals surface area (Å²) in [6, 6.07) is -1.24. The number of hydrogen-bond acceptors (Lipinski definition) is 4. The maximum atomic E-state index is 8.45. The maximum Gasteiger partial charge on any atom is 0.516 e. The molecule has 0 spiro atoms. The Morgan fingerprint density at radius 2 is 1.95 bits per heavy atom. The van der Waals surface area contributed by atoms with Crippen molar-refractivity contribution in [3.05, 3.63) is 36.4 Å². The van der Waals surface area contributed by atoms with Crippen LogP contribution in [0, 0.1) is 6.85 Å². The van der Waals surface area contributed by atoms with Crippen LogP contribution in [0.2, 0.25) is 0 Å². The van der Waals surface area contributed by atoms with E-state index in [1.807, 2.05) is 27.7 Å². The molecule has 0 radical (unpaired) electrons. The molecule has 3 heterocycles. The fraction of sp³-hybridized carbons (Fsp3) is 0.467. The van der Waals surface area contributed by atoms with Crippen LogP contribution in [0.25, 0.3) is 5.69 Å². The third-order valence-corrected chi connectivity index (χ3v) is 3.78. The summed E-state index contributed by atoms with van der Waals surface area (Å²) in [6.07, 6.45) is -1.58. The maximum absolute atomic E-state index is 8.45. The van der Waals surface area contributed by atoms with Gasteiger partial charge in [-0.05, 0) is 46.6 Å². The van der Waals surface area contributed by atoms with Crippen molar-refractivity contribution in [2.45, 2.75) is 45.7 Å².